The third-order valence-electron chi connectivity index (χ3n) is 5.09. The molecule has 1 aromatic carbocycles. The average molecular weight is 325 g/mol. The first-order valence-corrected chi connectivity index (χ1v) is 8.66. The highest BCUT2D eigenvalue weighted by atomic mass is 16.3. The van der Waals surface area contributed by atoms with E-state index in [1.165, 1.54) is 11.1 Å². The van der Waals surface area contributed by atoms with E-state index >= 15 is 0 Å². The first-order chi connectivity index (χ1) is 11.5. The maximum absolute atomic E-state index is 11.1. The van der Waals surface area contributed by atoms with Crippen LogP contribution in [0.5, 0.6) is 0 Å². The molecule has 4 nitrogen and oxygen atoms in total. The Morgan fingerprint density at radius 2 is 1.96 bits per heavy atom. The molecule has 1 fully saturated rings. The molecule has 24 heavy (non-hydrogen) atoms. The summed E-state index contributed by atoms with van der Waals surface area (Å²) in [5.41, 5.74) is 3.91. The summed E-state index contributed by atoms with van der Waals surface area (Å²) in [5, 5.41) is 15.6. The lowest BCUT2D eigenvalue weighted by atomic mass is 9.82. The SMILES string of the molecule is C=CCn1cc(CN2CCC(O)(c3ccccc3C)CC2)c(C)n1. The van der Waals surface area contributed by atoms with Gasteiger partial charge in [0.15, 0.2) is 0 Å². The van der Waals surface area contributed by atoms with Crippen LogP contribution in [0.15, 0.2) is 43.1 Å². The van der Waals surface area contributed by atoms with Gasteiger partial charge in [-0.25, -0.2) is 0 Å². The van der Waals surface area contributed by atoms with Gasteiger partial charge < -0.3 is 5.11 Å². The second-order valence-corrected chi connectivity index (χ2v) is 6.87. The molecule has 0 amide bonds. The Balaban J connectivity index is 1.65. The van der Waals surface area contributed by atoms with E-state index in [0.717, 1.165) is 50.3 Å². The summed E-state index contributed by atoms with van der Waals surface area (Å²) < 4.78 is 1.94. The van der Waals surface area contributed by atoms with Crippen LogP contribution in [0.3, 0.4) is 0 Å². The number of piperidine rings is 1. The molecule has 0 radical (unpaired) electrons. The van der Waals surface area contributed by atoms with E-state index in [2.05, 4.69) is 48.8 Å². The van der Waals surface area contributed by atoms with E-state index in [1.54, 1.807) is 0 Å². The van der Waals surface area contributed by atoms with Gasteiger partial charge in [0.25, 0.3) is 0 Å². The van der Waals surface area contributed by atoms with Crippen molar-refractivity contribution in [3.05, 3.63) is 65.5 Å². The third-order valence-corrected chi connectivity index (χ3v) is 5.09. The summed E-state index contributed by atoms with van der Waals surface area (Å²) in [6, 6.07) is 8.19. The highest BCUT2D eigenvalue weighted by molar-refractivity contribution is 5.31. The fourth-order valence-electron chi connectivity index (χ4n) is 3.63. The van der Waals surface area contributed by atoms with Crippen LogP contribution in [-0.2, 0) is 18.7 Å². The van der Waals surface area contributed by atoms with Crippen molar-refractivity contribution in [2.75, 3.05) is 13.1 Å². The lowest BCUT2D eigenvalue weighted by Gasteiger charge is -2.39. The molecule has 4 heteroatoms. The smallest absolute Gasteiger partial charge is 0.0923 e. The van der Waals surface area contributed by atoms with Crippen LogP contribution in [0, 0.1) is 13.8 Å². The number of hydrogen-bond donors (Lipinski definition) is 1. The molecule has 3 rings (SSSR count). The topological polar surface area (TPSA) is 41.3 Å². The number of benzene rings is 1. The fraction of sp³-hybridized carbons (Fsp3) is 0.450. The van der Waals surface area contributed by atoms with Crippen LogP contribution < -0.4 is 0 Å². The number of hydrogen-bond acceptors (Lipinski definition) is 3. The van der Waals surface area contributed by atoms with Crippen LogP contribution in [0.25, 0.3) is 0 Å². The summed E-state index contributed by atoms with van der Waals surface area (Å²) in [5.74, 6) is 0. The largest absolute Gasteiger partial charge is 0.385 e. The van der Waals surface area contributed by atoms with Gasteiger partial charge >= 0.3 is 0 Å². The Morgan fingerprint density at radius 3 is 2.62 bits per heavy atom. The predicted molar refractivity (Wildman–Crippen MR) is 96.7 cm³/mol. The van der Waals surface area contributed by atoms with Crippen molar-refractivity contribution in [1.82, 2.24) is 14.7 Å². The molecule has 0 atom stereocenters. The maximum Gasteiger partial charge on any atom is 0.0923 e. The van der Waals surface area contributed by atoms with Crippen molar-refractivity contribution in [3.8, 4) is 0 Å². The van der Waals surface area contributed by atoms with E-state index in [9.17, 15) is 5.11 Å². The van der Waals surface area contributed by atoms with Gasteiger partial charge in [-0.15, -0.1) is 6.58 Å². The van der Waals surface area contributed by atoms with Crippen molar-refractivity contribution >= 4 is 0 Å². The quantitative estimate of drug-likeness (QED) is 0.859. The van der Waals surface area contributed by atoms with Gasteiger partial charge in [-0.3, -0.25) is 9.58 Å². The number of aromatic nitrogens is 2. The zero-order chi connectivity index (χ0) is 17.2. The zero-order valence-corrected chi connectivity index (χ0v) is 14.7. The Bertz CT molecular complexity index is 711. The van der Waals surface area contributed by atoms with Gasteiger partial charge in [-0.2, -0.15) is 5.10 Å². The van der Waals surface area contributed by atoms with Crippen LogP contribution in [-0.4, -0.2) is 32.9 Å². The van der Waals surface area contributed by atoms with Gasteiger partial charge in [0, 0.05) is 31.4 Å². The van der Waals surface area contributed by atoms with E-state index in [4.69, 9.17) is 0 Å². The predicted octanol–water partition coefficient (Wildman–Crippen LogP) is 3.17. The molecule has 2 heterocycles. The minimum Gasteiger partial charge on any atom is -0.385 e. The monoisotopic (exact) mass is 325 g/mol. The van der Waals surface area contributed by atoms with Crippen LogP contribution >= 0.6 is 0 Å². The molecule has 1 aliphatic heterocycles. The van der Waals surface area contributed by atoms with Gasteiger partial charge in [0.05, 0.1) is 17.8 Å². The van der Waals surface area contributed by atoms with Gasteiger partial charge in [-0.1, -0.05) is 30.3 Å². The first kappa shape index (κ1) is 16.9. The van der Waals surface area contributed by atoms with Gasteiger partial charge in [0.1, 0.15) is 0 Å². The minimum absolute atomic E-state index is 0.691. The number of aliphatic hydroxyl groups is 1. The van der Waals surface area contributed by atoms with E-state index < -0.39 is 5.60 Å². The Morgan fingerprint density at radius 1 is 1.25 bits per heavy atom. The first-order valence-electron chi connectivity index (χ1n) is 8.66. The second-order valence-electron chi connectivity index (χ2n) is 6.87. The number of allylic oxidation sites excluding steroid dienone is 1. The van der Waals surface area contributed by atoms with Crippen molar-refractivity contribution in [1.29, 1.82) is 0 Å². The molecule has 1 aliphatic rings. The lowest BCUT2D eigenvalue weighted by molar-refractivity contribution is -0.0282. The van der Waals surface area contributed by atoms with E-state index in [-0.39, 0.29) is 0 Å². The average Bonchev–Trinajstić information content (AvgIpc) is 2.90. The molecule has 0 unspecified atom stereocenters. The molecule has 1 saturated heterocycles. The summed E-state index contributed by atoms with van der Waals surface area (Å²) in [6.07, 6.45) is 5.52. The lowest BCUT2D eigenvalue weighted by Crippen LogP contribution is -2.42. The Hall–Kier alpha value is -1.91. The molecule has 1 aromatic heterocycles. The summed E-state index contributed by atoms with van der Waals surface area (Å²) in [4.78, 5) is 2.41. The number of nitrogens with zero attached hydrogens (tertiary/aromatic N) is 3. The summed E-state index contributed by atoms with van der Waals surface area (Å²) >= 11 is 0. The highest BCUT2D eigenvalue weighted by Crippen LogP contribution is 2.35. The molecule has 128 valence electrons. The maximum atomic E-state index is 11.1. The molecule has 0 spiro atoms. The molecular weight excluding hydrogens is 298 g/mol. The van der Waals surface area contributed by atoms with E-state index in [1.807, 2.05) is 22.9 Å². The third kappa shape index (κ3) is 3.45. The normalized spacial score (nSPS) is 17.8. The number of rotatable bonds is 5. The second kappa shape index (κ2) is 6.91. The minimum atomic E-state index is -0.691. The molecule has 0 aliphatic carbocycles. The van der Waals surface area contributed by atoms with Crippen LogP contribution in [0.1, 0.15) is 35.2 Å². The van der Waals surface area contributed by atoms with Crippen molar-refractivity contribution in [3.63, 3.8) is 0 Å². The van der Waals surface area contributed by atoms with E-state index in [0.29, 0.717) is 0 Å². The fourth-order valence-corrected chi connectivity index (χ4v) is 3.63. The highest BCUT2D eigenvalue weighted by Gasteiger charge is 2.34. The molecule has 2 aromatic rings. The van der Waals surface area contributed by atoms with Crippen LogP contribution in [0.2, 0.25) is 0 Å². The molecule has 0 saturated carbocycles. The van der Waals surface area contributed by atoms with Crippen LogP contribution in [0.4, 0.5) is 0 Å². The van der Waals surface area contributed by atoms with Crippen molar-refractivity contribution in [2.45, 2.75) is 45.4 Å². The van der Waals surface area contributed by atoms with Crippen molar-refractivity contribution < 1.29 is 5.11 Å². The Labute approximate surface area is 144 Å². The summed E-state index contributed by atoms with van der Waals surface area (Å²) in [6.45, 7) is 11.3. The van der Waals surface area contributed by atoms with Gasteiger partial charge in [0.2, 0.25) is 0 Å². The summed E-state index contributed by atoms with van der Waals surface area (Å²) in [7, 11) is 0. The molecule has 1 N–H and O–H groups in total. The standard InChI is InChI=1S/C20H27N3O/c1-4-11-23-15-18(17(3)21-23)14-22-12-9-20(24,10-13-22)19-8-6-5-7-16(19)2/h4-8,15,24H,1,9-14H2,2-3H3. The zero-order valence-electron chi connectivity index (χ0n) is 14.7. The van der Waals surface area contributed by atoms with Gasteiger partial charge in [-0.05, 0) is 37.8 Å². The molecular formula is C20H27N3O. The number of aryl methyl sites for hydroxylation is 2. The molecule has 0 bridgehead atoms. The van der Waals surface area contributed by atoms with Crippen molar-refractivity contribution in [2.24, 2.45) is 0 Å². The number of likely N-dealkylation sites (tertiary alicyclic amines) is 1. The Kier molecular flexibility index (Phi) is 4.88.